The van der Waals surface area contributed by atoms with Crippen LogP contribution < -0.4 is 10.1 Å². The van der Waals surface area contributed by atoms with E-state index in [2.05, 4.69) is 27.9 Å². The number of rotatable bonds is 6. The lowest BCUT2D eigenvalue weighted by atomic mass is 9.91. The number of amidine groups is 1. The molecule has 34 heavy (non-hydrogen) atoms. The molecule has 5 rings (SSSR count). The molecule has 3 aliphatic rings. The molecule has 172 valence electrons. The van der Waals surface area contributed by atoms with Crippen molar-refractivity contribution in [3.63, 3.8) is 0 Å². The first-order valence-electron chi connectivity index (χ1n) is 11.0. The maximum atomic E-state index is 13.7. The van der Waals surface area contributed by atoms with Crippen LogP contribution in [-0.4, -0.2) is 41.5 Å². The molecule has 8 heteroatoms. The first kappa shape index (κ1) is 22.5. The van der Waals surface area contributed by atoms with Crippen molar-refractivity contribution in [1.29, 1.82) is 0 Å². The Labute approximate surface area is 211 Å². The fourth-order valence-corrected chi connectivity index (χ4v) is 5.01. The smallest absolute Gasteiger partial charge is 0.325 e. The Morgan fingerprint density at radius 3 is 2.50 bits per heavy atom. The standard InChI is InChI=1S/C26H23IN4O3/c1-15(16-6-4-3-5-7-16)23(24-28-20-13-10-18(27)14-21(20)29-24)31-25(32)22(30-26(31)33)17-8-11-19(34-2)12-9-17/h3-13,15,22-23H,14H2,1-2H3,(H,30,33)/t15-,22+,23-/m0/s1. The Morgan fingerprint density at radius 1 is 1.06 bits per heavy atom. The molecule has 0 saturated carbocycles. The third-order valence-corrected chi connectivity index (χ3v) is 7.04. The monoisotopic (exact) mass is 566 g/mol. The highest BCUT2D eigenvalue weighted by Gasteiger charge is 2.47. The van der Waals surface area contributed by atoms with Gasteiger partial charge in [0.1, 0.15) is 17.8 Å². The van der Waals surface area contributed by atoms with Gasteiger partial charge >= 0.3 is 6.03 Å². The number of hydrogen-bond acceptors (Lipinski definition) is 5. The fourth-order valence-electron chi connectivity index (χ4n) is 4.47. The number of benzene rings is 2. The number of carbonyl (C=O) groups excluding carboxylic acids is 2. The minimum absolute atomic E-state index is 0.207. The van der Waals surface area contributed by atoms with Crippen molar-refractivity contribution in [3.05, 3.63) is 87.2 Å². The molecule has 3 atom stereocenters. The van der Waals surface area contributed by atoms with Gasteiger partial charge in [-0.25, -0.2) is 14.8 Å². The van der Waals surface area contributed by atoms with E-state index in [0.29, 0.717) is 23.6 Å². The van der Waals surface area contributed by atoms with Crippen LogP contribution in [0.4, 0.5) is 4.79 Å². The molecule has 1 saturated heterocycles. The third-order valence-electron chi connectivity index (χ3n) is 6.30. The van der Waals surface area contributed by atoms with Crippen LogP contribution >= 0.6 is 22.6 Å². The molecular weight excluding hydrogens is 543 g/mol. The van der Waals surface area contributed by atoms with Crippen molar-refractivity contribution in [2.45, 2.75) is 31.3 Å². The summed E-state index contributed by atoms with van der Waals surface area (Å²) >= 11 is 2.29. The Bertz CT molecular complexity index is 1260. The van der Waals surface area contributed by atoms with Gasteiger partial charge in [-0.2, -0.15) is 0 Å². The van der Waals surface area contributed by atoms with Crippen LogP contribution in [0.25, 0.3) is 0 Å². The van der Waals surface area contributed by atoms with Gasteiger partial charge in [0.15, 0.2) is 5.84 Å². The maximum Gasteiger partial charge on any atom is 0.325 e. The number of carbonyl (C=O) groups is 2. The Morgan fingerprint density at radius 2 is 1.79 bits per heavy atom. The zero-order valence-electron chi connectivity index (χ0n) is 18.7. The van der Waals surface area contributed by atoms with Crippen molar-refractivity contribution in [2.24, 2.45) is 9.98 Å². The summed E-state index contributed by atoms with van der Waals surface area (Å²) in [6.45, 7) is 2.00. The summed E-state index contributed by atoms with van der Waals surface area (Å²) in [5.41, 5.74) is 3.35. The average molecular weight is 566 g/mol. The van der Waals surface area contributed by atoms with Crippen molar-refractivity contribution in [1.82, 2.24) is 10.2 Å². The first-order chi connectivity index (χ1) is 16.5. The molecule has 1 aliphatic carbocycles. The number of urea groups is 1. The number of fused-ring (bicyclic) bond motifs is 1. The van der Waals surface area contributed by atoms with Gasteiger partial charge in [0.25, 0.3) is 5.91 Å². The van der Waals surface area contributed by atoms with Gasteiger partial charge in [-0.15, -0.1) is 0 Å². The number of allylic oxidation sites excluding steroid dienone is 4. The van der Waals surface area contributed by atoms with E-state index in [-0.39, 0.29) is 11.8 Å². The molecule has 0 unspecified atom stereocenters. The molecular formula is C26H23IN4O3. The fraction of sp³-hybridized carbons (Fsp3) is 0.231. The second kappa shape index (κ2) is 9.17. The van der Waals surface area contributed by atoms with E-state index in [4.69, 9.17) is 14.7 Å². The predicted molar refractivity (Wildman–Crippen MR) is 139 cm³/mol. The number of aliphatic imine (C=N–C) groups is 2. The van der Waals surface area contributed by atoms with Crippen molar-refractivity contribution in [3.8, 4) is 5.75 Å². The van der Waals surface area contributed by atoms with Gasteiger partial charge in [-0.3, -0.25) is 9.69 Å². The minimum Gasteiger partial charge on any atom is -0.497 e. The quantitative estimate of drug-likeness (QED) is 0.398. The summed E-state index contributed by atoms with van der Waals surface area (Å²) in [5, 5.41) is 2.85. The number of nitrogens with one attached hydrogen (secondary N) is 1. The highest BCUT2D eigenvalue weighted by Crippen LogP contribution is 2.34. The molecule has 2 aliphatic heterocycles. The molecule has 2 aromatic carbocycles. The number of hydrogen-bond donors (Lipinski definition) is 1. The largest absolute Gasteiger partial charge is 0.497 e. The number of amides is 3. The van der Waals surface area contributed by atoms with Crippen molar-refractivity contribution >= 4 is 46.1 Å². The molecule has 1 fully saturated rings. The molecule has 2 heterocycles. The Hall–Kier alpha value is -3.27. The molecule has 3 amide bonds. The van der Waals surface area contributed by atoms with E-state index < -0.39 is 18.1 Å². The lowest BCUT2D eigenvalue weighted by Crippen LogP contribution is -2.47. The lowest BCUT2D eigenvalue weighted by Gasteiger charge is -2.30. The van der Waals surface area contributed by atoms with Crippen LogP contribution in [-0.2, 0) is 4.79 Å². The van der Waals surface area contributed by atoms with Crippen molar-refractivity contribution < 1.29 is 14.3 Å². The van der Waals surface area contributed by atoms with E-state index in [9.17, 15) is 9.59 Å². The highest BCUT2D eigenvalue weighted by molar-refractivity contribution is 14.1. The van der Waals surface area contributed by atoms with Gasteiger partial charge in [0.2, 0.25) is 0 Å². The van der Waals surface area contributed by atoms with E-state index >= 15 is 0 Å². The number of ether oxygens (including phenoxy) is 1. The zero-order chi connectivity index (χ0) is 23.8. The van der Waals surface area contributed by atoms with Gasteiger partial charge in [0, 0.05) is 12.3 Å². The second-order valence-electron chi connectivity index (χ2n) is 8.38. The second-order valence-corrected chi connectivity index (χ2v) is 9.76. The van der Waals surface area contributed by atoms with Crippen molar-refractivity contribution in [2.75, 3.05) is 7.11 Å². The molecule has 2 aromatic rings. The van der Waals surface area contributed by atoms with E-state index in [1.165, 1.54) is 8.48 Å². The summed E-state index contributed by atoms with van der Waals surface area (Å²) in [6, 6.07) is 15.1. The summed E-state index contributed by atoms with van der Waals surface area (Å²) in [5.74, 6) is 0.642. The van der Waals surface area contributed by atoms with E-state index in [0.717, 1.165) is 17.0 Å². The van der Waals surface area contributed by atoms with Crippen LogP contribution in [0.2, 0.25) is 0 Å². The molecule has 0 bridgehead atoms. The predicted octanol–water partition coefficient (Wildman–Crippen LogP) is 4.92. The normalized spacial score (nSPS) is 21.1. The highest BCUT2D eigenvalue weighted by atomic mass is 127. The third kappa shape index (κ3) is 4.06. The summed E-state index contributed by atoms with van der Waals surface area (Å²) in [4.78, 5) is 37.7. The van der Waals surface area contributed by atoms with E-state index in [1.807, 2.05) is 49.4 Å². The van der Waals surface area contributed by atoms with Crippen LogP contribution in [0.1, 0.15) is 36.4 Å². The summed E-state index contributed by atoms with van der Waals surface area (Å²) < 4.78 is 6.38. The van der Waals surface area contributed by atoms with Gasteiger partial charge in [-0.1, -0.05) is 55.5 Å². The maximum absolute atomic E-state index is 13.7. The first-order valence-corrected chi connectivity index (χ1v) is 12.1. The summed E-state index contributed by atoms with van der Waals surface area (Å²) in [6.07, 6.45) is 4.65. The molecule has 7 nitrogen and oxygen atoms in total. The SMILES string of the molecule is COc1ccc([C@H]2NC(=O)N([C@H](C3=NC4=CC=C(I)CC4=N3)[C@@H](C)c3ccccc3)C2=O)cc1. The molecule has 0 spiro atoms. The average Bonchev–Trinajstić information content (AvgIpc) is 3.40. The van der Waals surface area contributed by atoms with Gasteiger partial charge in [0.05, 0.1) is 18.5 Å². The number of halogens is 1. The van der Waals surface area contributed by atoms with Crippen LogP contribution in [0, 0.1) is 0 Å². The number of methoxy groups -OCH3 is 1. The Kier molecular flexibility index (Phi) is 6.07. The van der Waals surface area contributed by atoms with Crippen LogP contribution in [0.3, 0.4) is 0 Å². The Balaban J connectivity index is 1.53. The van der Waals surface area contributed by atoms with Crippen LogP contribution in [0.15, 0.2) is 86.0 Å². The molecule has 0 aromatic heterocycles. The topological polar surface area (TPSA) is 83.4 Å². The molecule has 0 radical (unpaired) electrons. The zero-order valence-corrected chi connectivity index (χ0v) is 20.9. The van der Waals surface area contributed by atoms with Gasteiger partial charge in [-0.05, 0) is 55.5 Å². The lowest BCUT2D eigenvalue weighted by molar-refractivity contribution is -0.128. The van der Waals surface area contributed by atoms with E-state index in [1.54, 1.807) is 31.4 Å². The number of nitrogens with zero attached hydrogens (tertiary/aromatic N) is 3. The number of imide groups is 1. The van der Waals surface area contributed by atoms with Crippen LogP contribution in [0.5, 0.6) is 5.75 Å². The summed E-state index contributed by atoms with van der Waals surface area (Å²) in [7, 11) is 1.59. The minimum atomic E-state index is -0.775. The molecule has 1 N–H and O–H groups in total. The van der Waals surface area contributed by atoms with Gasteiger partial charge < -0.3 is 10.1 Å².